The van der Waals surface area contributed by atoms with Crippen LogP contribution in [-0.4, -0.2) is 11.0 Å². The molecule has 0 saturated carbocycles. The van der Waals surface area contributed by atoms with Gasteiger partial charge in [-0.15, -0.1) is 11.3 Å². The van der Waals surface area contributed by atoms with Gasteiger partial charge < -0.3 is 16.3 Å². The monoisotopic (exact) mass is 289 g/mol. The third-order valence-corrected chi connectivity index (χ3v) is 4.13. The second kappa shape index (κ2) is 7.07. The smallest absolute Gasteiger partial charge is 0.170 e. The van der Waals surface area contributed by atoms with Gasteiger partial charge in [-0.05, 0) is 35.1 Å². The molecule has 20 heavy (non-hydrogen) atoms. The fraction of sp³-hybridized carbons (Fsp3) is 0.267. The Hall–Kier alpha value is -1.85. The van der Waals surface area contributed by atoms with Crippen molar-refractivity contribution in [2.45, 2.75) is 26.4 Å². The molecule has 1 aromatic carbocycles. The second-order valence-electron chi connectivity index (χ2n) is 4.51. The molecule has 0 spiro atoms. The van der Waals surface area contributed by atoms with Crippen molar-refractivity contribution in [1.82, 2.24) is 5.32 Å². The van der Waals surface area contributed by atoms with Crippen LogP contribution in [0, 0.1) is 0 Å². The Bertz CT molecular complexity index is 592. The molecular weight excluding hydrogens is 270 g/mol. The van der Waals surface area contributed by atoms with Crippen molar-refractivity contribution in [2.24, 2.45) is 10.9 Å². The number of oxime groups is 1. The Morgan fingerprint density at radius 1 is 1.35 bits per heavy atom. The van der Waals surface area contributed by atoms with Gasteiger partial charge >= 0.3 is 0 Å². The normalized spacial score (nSPS) is 11.8. The van der Waals surface area contributed by atoms with Crippen LogP contribution in [0.5, 0.6) is 0 Å². The number of aryl methyl sites for hydroxylation is 1. The Morgan fingerprint density at radius 3 is 2.95 bits per heavy atom. The summed E-state index contributed by atoms with van der Waals surface area (Å²) in [6.07, 6.45) is 1.07. The van der Waals surface area contributed by atoms with Crippen molar-refractivity contribution in [2.75, 3.05) is 0 Å². The first-order valence-electron chi connectivity index (χ1n) is 6.57. The minimum Gasteiger partial charge on any atom is -0.409 e. The lowest BCUT2D eigenvalue weighted by Gasteiger charge is -2.07. The zero-order chi connectivity index (χ0) is 14.4. The zero-order valence-electron chi connectivity index (χ0n) is 11.5. The van der Waals surface area contributed by atoms with Gasteiger partial charge in [0.2, 0.25) is 0 Å². The van der Waals surface area contributed by atoms with Crippen LogP contribution in [0.3, 0.4) is 0 Å². The summed E-state index contributed by atoms with van der Waals surface area (Å²) in [5.41, 5.74) is 8.85. The molecule has 2 aromatic rings. The molecule has 0 aliphatic carbocycles. The average Bonchev–Trinajstić information content (AvgIpc) is 2.94. The lowest BCUT2D eigenvalue weighted by molar-refractivity contribution is 0.318. The molecule has 0 saturated heterocycles. The summed E-state index contributed by atoms with van der Waals surface area (Å²) >= 11 is 1.79. The predicted molar refractivity (Wildman–Crippen MR) is 83.2 cm³/mol. The van der Waals surface area contributed by atoms with Crippen LogP contribution in [0.25, 0.3) is 0 Å². The first-order chi connectivity index (χ1) is 9.74. The van der Waals surface area contributed by atoms with Crippen molar-refractivity contribution in [3.8, 4) is 0 Å². The summed E-state index contributed by atoms with van der Waals surface area (Å²) in [5.74, 6) is 0.137. The first-order valence-corrected chi connectivity index (χ1v) is 7.45. The van der Waals surface area contributed by atoms with E-state index < -0.39 is 0 Å². The molecule has 4 N–H and O–H groups in total. The lowest BCUT2D eigenvalue weighted by Crippen LogP contribution is -2.15. The second-order valence-corrected chi connectivity index (χ2v) is 5.51. The number of thiophene rings is 1. The largest absolute Gasteiger partial charge is 0.409 e. The Kier molecular flexibility index (Phi) is 5.15. The van der Waals surface area contributed by atoms with E-state index in [4.69, 9.17) is 10.9 Å². The minimum atomic E-state index is 0.137. The van der Waals surface area contributed by atoms with Crippen molar-refractivity contribution < 1.29 is 5.21 Å². The number of benzene rings is 1. The SMILES string of the molecule is CCc1ccsc1CNCc1cccc(/C(N)=N/O)c1. The van der Waals surface area contributed by atoms with Crippen LogP contribution >= 0.6 is 11.3 Å². The first kappa shape index (κ1) is 14.6. The highest BCUT2D eigenvalue weighted by molar-refractivity contribution is 7.10. The van der Waals surface area contributed by atoms with Crippen LogP contribution in [-0.2, 0) is 19.5 Å². The fourth-order valence-electron chi connectivity index (χ4n) is 2.06. The maximum atomic E-state index is 8.69. The molecule has 1 aromatic heterocycles. The van der Waals surface area contributed by atoms with Gasteiger partial charge in [0.1, 0.15) is 0 Å². The molecule has 0 aliphatic rings. The quantitative estimate of drug-likeness (QED) is 0.331. The molecule has 4 nitrogen and oxygen atoms in total. The summed E-state index contributed by atoms with van der Waals surface area (Å²) in [6, 6.07) is 9.87. The molecule has 0 aliphatic heterocycles. The molecule has 0 bridgehead atoms. The molecule has 0 unspecified atom stereocenters. The van der Waals surface area contributed by atoms with E-state index in [1.165, 1.54) is 10.4 Å². The van der Waals surface area contributed by atoms with Gasteiger partial charge in [0.05, 0.1) is 0 Å². The zero-order valence-corrected chi connectivity index (χ0v) is 12.3. The van der Waals surface area contributed by atoms with E-state index in [0.29, 0.717) is 0 Å². The van der Waals surface area contributed by atoms with E-state index in [1.54, 1.807) is 11.3 Å². The van der Waals surface area contributed by atoms with Gasteiger partial charge in [0.25, 0.3) is 0 Å². The highest BCUT2D eigenvalue weighted by Crippen LogP contribution is 2.17. The third kappa shape index (κ3) is 3.59. The molecule has 1 heterocycles. The topological polar surface area (TPSA) is 70.6 Å². The summed E-state index contributed by atoms with van der Waals surface area (Å²) in [6.45, 7) is 3.80. The summed E-state index contributed by atoms with van der Waals surface area (Å²) in [4.78, 5) is 1.39. The van der Waals surface area contributed by atoms with Gasteiger partial charge in [-0.1, -0.05) is 30.3 Å². The van der Waals surface area contributed by atoms with Crippen molar-refractivity contribution in [3.63, 3.8) is 0 Å². The number of hydrogen-bond donors (Lipinski definition) is 3. The van der Waals surface area contributed by atoms with Gasteiger partial charge in [0, 0.05) is 23.5 Å². The van der Waals surface area contributed by atoms with E-state index in [-0.39, 0.29) is 5.84 Å². The summed E-state index contributed by atoms with van der Waals surface area (Å²) in [7, 11) is 0. The molecule has 0 atom stereocenters. The summed E-state index contributed by atoms with van der Waals surface area (Å²) < 4.78 is 0. The molecule has 0 amide bonds. The average molecular weight is 289 g/mol. The van der Waals surface area contributed by atoms with Crippen molar-refractivity contribution >= 4 is 17.2 Å². The molecule has 0 radical (unpaired) electrons. The van der Waals surface area contributed by atoms with E-state index >= 15 is 0 Å². The number of hydrogen-bond acceptors (Lipinski definition) is 4. The third-order valence-electron chi connectivity index (χ3n) is 3.16. The number of nitrogens with one attached hydrogen (secondary N) is 1. The Morgan fingerprint density at radius 2 is 2.20 bits per heavy atom. The Balaban J connectivity index is 1.94. The highest BCUT2D eigenvalue weighted by atomic mass is 32.1. The van der Waals surface area contributed by atoms with Crippen LogP contribution in [0.1, 0.15) is 28.5 Å². The molecular formula is C15H19N3OS. The molecule has 5 heteroatoms. The van der Waals surface area contributed by atoms with E-state index in [2.05, 4.69) is 28.8 Å². The van der Waals surface area contributed by atoms with Gasteiger partial charge in [0.15, 0.2) is 5.84 Å². The number of nitrogens with zero attached hydrogens (tertiary/aromatic N) is 1. The number of rotatable bonds is 6. The fourth-order valence-corrected chi connectivity index (χ4v) is 3.00. The Labute approximate surface area is 122 Å². The van der Waals surface area contributed by atoms with Gasteiger partial charge in [-0.3, -0.25) is 0 Å². The van der Waals surface area contributed by atoms with Crippen LogP contribution < -0.4 is 11.1 Å². The molecule has 0 fully saturated rings. The number of nitrogens with two attached hydrogens (primary N) is 1. The van der Waals surface area contributed by atoms with Crippen LogP contribution in [0.4, 0.5) is 0 Å². The van der Waals surface area contributed by atoms with Crippen LogP contribution in [0.15, 0.2) is 40.9 Å². The lowest BCUT2D eigenvalue weighted by atomic mass is 10.1. The predicted octanol–water partition coefficient (Wildman–Crippen LogP) is 2.69. The molecule has 106 valence electrons. The van der Waals surface area contributed by atoms with Crippen molar-refractivity contribution in [1.29, 1.82) is 0 Å². The maximum Gasteiger partial charge on any atom is 0.170 e. The maximum absolute atomic E-state index is 8.69. The highest BCUT2D eigenvalue weighted by Gasteiger charge is 2.03. The molecule has 2 rings (SSSR count). The van der Waals surface area contributed by atoms with Crippen LogP contribution in [0.2, 0.25) is 0 Å². The number of amidine groups is 1. The summed E-state index contributed by atoms with van der Waals surface area (Å²) in [5, 5.41) is 17.3. The van der Waals surface area contributed by atoms with Gasteiger partial charge in [-0.25, -0.2) is 0 Å². The van der Waals surface area contributed by atoms with E-state index in [1.807, 2.05) is 24.3 Å². The van der Waals surface area contributed by atoms with E-state index in [9.17, 15) is 0 Å². The minimum absolute atomic E-state index is 0.137. The van der Waals surface area contributed by atoms with Gasteiger partial charge in [-0.2, -0.15) is 0 Å². The van der Waals surface area contributed by atoms with E-state index in [0.717, 1.165) is 30.6 Å². The van der Waals surface area contributed by atoms with Crippen molar-refractivity contribution in [3.05, 3.63) is 57.3 Å². The standard InChI is InChI=1S/C15H19N3OS/c1-2-12-6-7-20-14(12)10-17-9-11-4-3-5-13(8-11)15(16)18-19/h3-8,17,19H,2,9-10H2,1H3,(H2,16,18).